The summed E-state index contributed by atoms with van der Waals surface area (Å²) in [6.45, 7) is 17.3. The van der Waals surface area contributed by atoms with Gasteiger partial charge >= 0.3 is 5.97 Å². The third-order valence-corrected chi connectivity index (χ3v) is 12.6. The highest BCUT2D eigenvalue weighted by molar-refractivity contribution is 5.88. The van der Waals surface area contributed by atoms with Gasteiger partial charge in [-0.05, 0) is 74.9 Å². The Morgan fingerprint density at radius 1 is 0.897 bits per heavy atom. The largest absolute Gasteiger partial charge is 0.459 e. The molecule has 3 aliphatic rings. The number of ether oxygens (including phenoxy) is 8. The normalized spacial score (nSPS) is 45.8. The van der Waals surface area contributed by atoms with E-state index in [1.165, 1.54) is 14.0 Å². The smallest absolute Gasteiger partial charge is 0.311 e. The third kappa shape index (κ3) is 12.1. The molecule has 0 radical (unpaired) electrons. The highest BCUT2D eigenvalue weighted by Crippen LogP contribution is 2.41. The zero-order valence-corrected chi connectivity index (χ0v) is 37.3. The topological polar surface area (TPSA) is 217 Å². The van der Waals surface area contributed by atoms with E-state index >= 15 is 0 Å². The number of hydrogen-bond donors (Lipinski definition) is 5. The molecule has 0 spiro atoms. The summed E-state index contributed by atoms with van der Waals surface area (Å²) in [6, 6.07) is -0.328. The maximum Gasteiger partial charge on any atom is 0.311 e. The van der Waals surface area contributed by atoms with Gasteiger partial charge in [0.25, 0.3) is 0 Å². The molecule has 3 aliphatic heterocycles. The van der Waals surface area contributed by atoms with Crippen LogP contribution in [0.25, 0.3) is 0 Å². The van der Waals surface area contributed by atoms with Crippen LogP contribution in [-0.4, -0.2) is 175 Å². The fraction of sp³-hybridized carbons (Fsp3) is 0.951. The SMILES string of the molecule is CC[C@H]1OC(=O)[C@H](C)[C@@H](OC2C[C@@](C)(OC)C(O)[C@@H](C)O2)[C@H](C)[C@@H](O[C@@H]2OC(C)CC(N(C)C)C2O)[C@](C)(O)C[C@@H](C)/C(=N\OCOCCOC)[C@H](C)[C@@H](O)[C@]1(C)O. The van der Waals surface area contributed by atoms with Gasteiger partial charge in [0.2, 0.25) is 6.79 Å². The predicted octanol–water partition coefficient (Wildman–Crippen LogP) is 2.21. The van der Waals surface area contributed by atoms with Crippen LogP contribution < -0.4 is 0 Å². The molecule has 17 nitrogen and oxygen atoms in total. The molecule has 0 bridgehead atoms. The highest BCUT2D eigenvalue weighted by Gasteiger charge is 2.53. The Kier molecular flexibility index (Phi) is 18.8. The Morgan fingerprint density at radius 2 is 1.55 bits per heavy atom. The number of aliphatic hydroxyl groups is 5. The summed E-state index contributed by atoms with van der Waals surface area (Å²) in [5.41, 5.74) is -4.49. The summed E-state index contributed by atoms with van der Waals surface area (Å²) < 4.78 is 48.1. The number of nitrogens with zero attached hydrogens (tertiary/aromatic N) is 2. The van der Waals surface area contributed by atoms with E-state index in [4.69, 9.17) is 42.7 Å². The Bertz CT molecular complexity index is 1300. The fourth-order valence-electron chi connectivity index (χ4n) is 8.93. The van der Waals surface area contributed by atoms with Crippen molar-refractivity contribution in [3.63, 3.8) is 0 Å². The molecule has 3 saturated heterocycles. The van der Waals surface area contributed by atoms with E-state index in [1.807, 2.05) is 32.8 Å². The van der Waals surface area contributed by atoms with E-state index in [0.29, 0.717) is 18.7 Å². The first-order valence-electron chi connectivity index (χ1n) is 20.8. The van der Waals surface area contributed by atoms with Gasteiger partial charge in [0, 0.05) is 44.4 Å². The molecule has 3 fully saturated rings. The molecule has 0 aliphatic carbocycles. The number of cyclic esters (lactones) is 1. The van der Waals surface area contributed by atoms with Crippen LogP contribution in [0, 0.1) is 23.7 Å². The van der Waals surface area contributed by atoms with Crippen LogP contribution >= 0.6 is 0 Å². The van der Waals surface area contributed by atoms with Crippen LogP contribution in [-0.2, 0) is 47.5 Å². The van der Waals surface area contributed by atoms with E-state index < -0.39 is 102 Å². The molecule has 3 heterocycles. The van der Waals surface area contributed by atoms with Gasteiger partial charge in [-0.1, -0.05) is 32.9 Å². The number of hydrogen-bond acceptors (Lipinski definition) is 17. The summed E-state index contributed by atoms with van der Waals surface area (Å²) in [5, 5.41) is 63.6. The van der Waals surface area contributed by atoms with Gasteiger partial charge in [0.15, 0.2) is 12.6 Å². The van der Waals surface area contributed by atoms with Crippen molar-refractivity contribution in [2.75, 3.05) is 48.3 Å². The molecule has 18 atom stereocenters. The van der Waals surface area contributed by atoms with Crippen molar-refractivity contribution in [1.29, 1.82) is 0 Å². The van der Waals surface area contributed by atoms with Gasteiger partial charge in [-0.2, -0.15) is 0 Å². The van der Waals surface area contributed by atoms with Gasteiger partial charge in [0.1, 0.15) is 23.9 Å². The Balaban J connectivity index is 2.22. The second-order valence-electron chi connectivity index (χ2n) is 17.7. The van der Waals surface area contributed by atoms with E-state index in [-0.39, 0.29) is 44.8 Å². The molecule has 0 aromatic heterocycles. The molecule has 5 unspecified atom stereocenters. The maximum absolute atomic E-state index is 14.3. The molecule has 0 amide bonds. The minimum absolute atomic E-state index is 0.0307. The Labute approximate surface area is 345 Å². The van der Waals surface area contributed by atoms with Crippen molar-refractivity contribution in [2.24, 2.45) is 28.8 Å². The average Bonchev–Trinajstić information content (AvgIpc) is 3.15. The summed E-state index contributed by atoms with van der Waals surface area (Å²) in [7, 11) is 6.76. The van der Waals surface area contributed by atoms with Crippen LogP contribution in [0.1, 0.15) is 94.9 Å². The van der Waals surface area contributed by atoms with Crippen molar-refractivity contribution >= 4 is 11.7 Å². The molecule has 58 heavy (non-hydrogen) atoms. The van der Waals surface area contributed by atoms with Crippen LogP contribution in [0.4, 0.5) is 0 Å². The summed E-state index contributed by atoms with van der Waals surface area (Å²) in [6.07, 6.45) is -9.49. The monoisotopic (exact) mass is 837 g/mol. The van der Waals surface area contributed by atoms with Gasteiger partial charge < -0.3 is 73.2 Å². The zero-order valence-electron chi connectivity index (χ0n) is 37.3. The fourth-order valence-corrected chi connectivity index (χ4v) is 8.93. The molecule has 3 rings (SSSR count). The van der Waals surface area contributed by atoms with Gasteiger partial charge in [-0.3, -0.25) is 4.79 Å². The van der Waals surface area contributed by atoms with Crippen LogP contribution in [0.2, 0.25) is 0 Å². The number of carbonyl (C=O) groups is 1. The van der Waals surface area contributed by atoms with Crippen molar-refractivity contribution in [3.05, 3.63) is 0 Å². The quantitative estimate of drug-likeness (QED) is 0.0778. The summed E-state index contributed by atoms with van der Waals surface area (Å²) >= 11 is 0. The predicted molar refractivity (Wildman–Crippen MR) is 212 cm³/mol. The van der Waals surface area contributed by atoms with Gasteiger partial charge in [-0.25, -0.2) is 0 Å². The second-order valence-corrected chi connectivity index (χ2v) is 17.7. The van der Waals surface area contributed by atoms with Crippen molar-refractivity contribution in [2.45, 2.75) is 179 Å². The van der Waals surface area contributed by atoms with Crippen LogP contribution in [0.3, 0.4) is 0 Å². The van der Waals surface area contributed by atoms with E-state index in [9.17, 15) is 30.3 Å². The average molecular weight is 837 g/mol. The molecule has 340 valence electrons. The Morgan fingerprint density at radius 3 is 2.14 bits per heavy atom. The lowest BCUT2D eigenvalue weighted by Crippen LogP contribution is -2.61. The van der Waals surface area contributed by atoms with Gasteiger partial charge in [-0.15, -0.1) is 0 Å². The first-order chi connectivity index (χ1) is 27.0. The number of esters is 1. The number of oxime groups is 1. The molecular formula is C41H76N2O15. The van der Waals surface area contributed by atoms with Crippen molar-refractivity contribution < 1.29 is 73.1 Å². The number of carbonyl (C=O) groups excluding carboxylic acids is 1. The summed E-state index contributed by atoms with van der Waals surface area (Å²) in [5.74, 6) is -4.14. The van der Waals surface area contributed by atoms with Crippen molar-refractivity contribution in [3.8, 4) is 0 Å². The molecule has 5 N–H and O–H groups in total. The van der Waals surface area contributed by atoms with Gasteiger partial charge in [0.05, 0.1) is 66.6 Å². The Hall–Kier alpha value is -1.58. The highest BCUT2D eigenvalue weighted by atomic mass is 16.7. The van der Waals surface area contributed by atoms with E-state index in [0.717, 1.165) is 0 Å². The lowest BCUT2D eigenvalue weighted by molar-refractivity contribution is -0.317. The number of rotatable bonds is 13. The lowest BCUT2D eigenvalue weighted by Gasteiger charge is -2.49. The molecular weight excluding hydrogens is 760 g/mol. The molecule has 17 heteroatoms. The number of methoxy groups -OCH3 is 2. The second kappa shape index (κ2) is 21.5. The maximum atomic E-state index is 14.3. The number of likely N-dealkylation sites (N-methyl/N-ethyl adjacent to an activating group) is 1. The van der Waals surface area contributed by atoms with Crippen molar-refractivity contribution in [1.82, 2.24) is 4.90 Å². The number of aliphatic hydroxyl groups excluding tert-OH is 3. The third-order valence-electron chi connectivity index (χ3n) is 12.6. The first-order valence-corrected chi connectivity index (χ1v) is 20.8. The first kappa shape index (κ1) is 50.8. The minimum atomic E-state index is -1.97. The van der Waals surface area contributed by atoms with E-state index in [2.05, 4.69) is 5.16 Å². The zero-order chi connectivity index (χ0) is 43.9. The van der Waals surface area contributed by atoms with Crippen LogP contribution in [0.5, 0.6) is 0 Å². The molecule has 0 saturated carbocycles. The molecule has 0 aromatic carbocycles. The summed E-state index contributed by atoms with van der Waals surface area (Å²) in [4.78, 5) is 21.8. The standard InChI is InChI=1S/C41H76N2O15/c1-15-29-41(10,49)34(45)24(4)31(42-53-21-52-17-16-50-13)22(2)19-39(8,48)36(58-38-32(44)28(43(11)12)18-23(3)54-38)25(5)33(26(6)37(47)56-29)57-30-20-40(9,51-14)35(46)27(7)55-30/h22-30,32-36,38,44-46,48-49H,15-21H2,1-14H3/b42-31+/t22-,23?,24+,25+,26-,27-,28?,29-,30?,32?,33+,34-,35?,36-,38+,39-,40-,41-/m1/s1. The lowest BCUT2D eigenvalue weighted by atomic mass is 9.73. The van der Waals surface area contributed by atoms with Crippen LogP contribution in [0.15, 0.2) is 5.16 Å². The molecule has 0 aromatic rings. The minimum Gasteiger partial charge on any atom is -0.459 e. The van der Waals surface area contributed by atoms with E-state index in [1.54, 1.807) is 55.6 Å².